The number of hydrogen-bond donors (Lipinski definition) is 0. The zero-order valence-corrected chi connectivity index (χ0v) is 16.3. The summed E-state index contributed by atoms with van der Waals surface area (Å²) in [5.41, 5.74) is 0. The summed E-state index contributed by atoms with van der Waals surface area (Å²) in [5, 5.41) is 0. The summed E-state index contributed by atoms with van der Waals surface area (Å²) in [6.45, 7) is 0. The fraction of sp³-hybridized carbons (Fsp3) is 0. The van der Waals surface area contributed by atoms with Crippen LogP contribution in [0.4, 0.5) is 0 Å². The first-order valence-corrected chi connectivity index (χ1v) is 4.00. The molecule has 0 aliphatic heterocycles. The monoisotopic (exact) mass is 314 g/mol. The molecule has 0 amide bonds. The fourth-order valence-electron chi connectivity index (χ4n) is 0. The normalized spacial score (nSPS) is 12.7. The van der Waals surface area contributed by atoms with Crippen LogP contribution in [0.25, 0.3) is 0 Å². The van der Waals surface area contributed by atoms with Crippen molar-refractivity contribution in [3.05, 3.63) is 0 Å². The van der Waals surface area contributed by atoms with Crippen LogP contribution in [-0.2, 0) is 19.3 Å². The van der Waals surface area contributed by atoms with E-state index in [1.807, 2.05) is 0 Å². The average Bonchev–Trinajstić information content (AvgIpc) is 1.31. The van der Waals surface area contributed by atoms with E-state index in [0.717, 1.165) is 0 Å². The maximum absolute atomic E-state index is 9.16. The molecular formula is O5Rb2S2. The van der Waals surface area contributed by atoms with E-state index in [9.17, 15) is 0 Å². The number of rotatable bonds is 1. The molecule has 44 valence electrons. The predicted molar refractivity (Wildman–Crippen MR) is 18.6 cm³/mol. The third-order valence-electron chi connectivity index (χ3n) is 0.167. The van der Waals surface area contributed by atoms with Crippen molar-refractivity contribution in [3.63, 3.8) is 0 Å². The third kappa shape index (κ3) is 11.6. The van der Waals surface area contributed by atoms with Gasteiger partial charge in [0.05, 0.1) is 10.1 Å². The van der Waals surface area contributed by atoms with E-state index in [1.54, 1.807) is 0 Å². The minimum atomic E-state index is -5.07. The molecule has 0 aromatic rings. The molecular weight excluding hydrogens is 315 g/mol. The fourth-order valence-corrected chi connectivity index (χ4v) is 0. The van der Waals surface area contributed by atoms with E-state index in [0.29, 0.717) is 0 Å². The van der Waals surface area contributed by atoms with Gasteiger partial charge in [-0.1, -0.05) is 0 Å². The molecule has 0 saturated carbocycles. The summed E-state index contributed by atoms with van der Waals surface area (Å²) in [5.74, 6) is 0. The van der Waals surface area contributed by atoms with Crippen LogP contribution in [0.3, 0.4) is 0 Å². The van der Waals surface area contributed by atoms with Crippen LogP contribution in [0.15, 0.2) is 0 Å². The molecule has 0 aliphatic carbocycles. The SMILES string of the molecule is O=S([O-])S(=O)(=O)[O-].[Rb+].[Rb+]. The summed E-state index contributed by atoms with van der Waals surface area (Å²) in [6, 6.07) is 0. The Morgan fingerprint density at radius 1 is 1.22 bits per heavy atom. The Morgan fingerprint density at radius 2 is 1.33 bits per heavy atom. The molecule has 0 aromatic heterocycles. The van der Waals surface area contributed by atoms with Gasteiger partial charge in [-0.3, -0.25) is 4.21 Å². The standard InChI is InChI=1S/H2O5S2.2Rb/c1-6(2)7(3,4)5;;/h(H,1,2)(H,3,4,5);;/q;2*+1/p-2. The molecule has 0 heterocycles. The maximum Gasteiger partial charge on any atom is 1.00 e. The molecule has 9 heavy (non-hydrogen) atoms. The first-order valence-electron chi connectivity index (χ1n) is 1.00. The van der Waals surface area contributed by atoms with Gasteiger partial charge < -0.3 is 9.11 Å². The van der Waals surface area contributed by atoms with Crippen LogP contribution in [-0.4, -0.2) is 21.7 Å². The van der Waals surface area contributed by atoms with Crippen LogP contribution >= 0.6 is 0 Å². The smallest absolute Gasteiger partial charge is 0.761 e. The van der Waals surface area contributed by atoms with Gasteiger partial charge in [0.1, 0.15) is 0 Å². The predicted octanol–water partition coefficient (Wildman–Crippen LogP) is -7.67. The van der Waals surface area contributed by atoms with E-state index in [4.69, 9.17) is 21.7 Å². The molecule has 1 atom stereocenters. The summed E-state index contributed by atoms with van der Waals surface area (Å²) in [6.07, 6.45) is 0. The topological polar surface area (TPSA) is 97.3 Å². The Bertz CT molecular complexity index is 167. The second-order valence-electron chi connectivity index (χ2n) is 0.612. The molecule has 0 bridgehead atoms. The average molecular weight is 315 g/mol. The van der Waals surface area contributed by atoms with Gasteiger partial charge in [-0.05, 0) is 0 Å². The van der Waals surface area contributed by atoms with Gasteiger partial charge in [-0.25, -0.2) is 8.42 Å². The summed E-state index contributed by atoms with van der Waals surface area (Å²) < 4.78 is 45.7. The first kappa shape index (κ1) is 18.4. The molecule has 0 rings (SSSR count). The van der Waals surface area contributed by atoms with Gasteiger partial charge in [0.25, 0.3) is 0 Å². The van der Waals surface area contributed by atoms with Crippen LogP contribution in [0.2, 0.25) is 0 Å². The van der Waals surface area contributed by atoms with Crippen LogP contribution in [0, 0.1) is 0 Å². The van der Waals surface area contributed by atoms with E-state index in [1.165, 1.54) is 0 Å². The molecule has 0 fully saturated rings. The Kier molecular flexibility index (Phi) is 16.9. The molecule has 0 saturated heterocycles. The zero-order valence-electron chi connectivity index (χ0n) is 4.86. The largest absolute Gasteiger partial charge is 1.00 e. The summed E-state index contributed by atoms with van der Waals surface area (Å²) in [7, 11) is -8.59. The molecule has 0 N–H and O–H groups in total. The van der Waals surface area contributed by atoms with Crippen molar-refractivity contribution in [2.24, 2.45) is 0 Å². The van der Waals surface area contributed by atoms with Gasteiger partial charge in [0.2, 0.25) is 0 Å². The molecule has 9 heteroatoms. The Hall–Kier alpha value is 3.63. The van der Waals surface area contributed by atoms with Gasteiger partial charge in [-0.2, -0.15) is 0 Å². The second-order valence-corrected chi connectivity index (χ2v) is 3.88. The van der Waals surface area contributed by atoms with E-state index in [-0.39, 0.29) is 116 Å². The van der Waals surface area contributed by atoms with Gasteiger partial charge in [-0.15, -0.1) is 0 Å². The molecule has 0 aliphatic rings. The van der Waals surface area contributed by atoms with Crippen LogP contribution < -0.4 is 116 Å². The maximum atomic E-state index is 9.16. The van der Waals surface area contributed by atoms with Crippen molar-refractivity contribution < 1.29 is 138 Å². The summed E-state index contributed by atoms with van der Waals surface area (Å²) >= 11 is 0. The van der Waals surface area contributed by atoms with Crippen molar-refractivity contribution in [1.29, 1.82) is 0 Å². The van der Waals surface area contributed by atoms with Crippen LogP contribution in [0.5, 0.6) is 0 Å². The van der Waals surface area contributed by atoms with Gasteiger partial charge >= 0.3 is 116 Å². The van der Waals surface area contributed by atoms with E-state index >= 15 is 0 Å². The Labute approximate surface area is 152 Å². The van der Waals surface area contributed by atoms with Crippen molar-refractivity contribution >= 4 is 19.3 Å². The third-order valence-corrected chi connectivity index (χ3v) is 1.50. The van der Waals surface area contributed by atoms with Crippen molar-refractivity contribution in [2.45, 2.75) is 0 Å². The van der Waals surface area contributed by atoms with Gasteiger partial charge in [0.15, 0.2) is 9.15 Å². The van der Waals surface area contributed by atoms with Gasteiger partial charge in [0, 0.05) is 0 Å². The summed E-state index contributed by atoms with van der Waals surface area (Å²) in [4.78, 5) is 0. The first-order chi connectivity index (χ1) is 2.94. The Balaban J connectivity index is -0.000000180. The number of hydrogen-bond acceptors (Lipinski definition) is 5. The second kappa shape index (κ2) is 8.24. The zero-order chi connectivity index (χ0) is 6.08. The molecule has 0 radical (unpaired) electrons. The molecule has 1 unspecified atom stereocenters. The van der Waals surface area contributed by atoms with E-state index in [2.05, 4.69) is 0 Å². The van der Waals surface area contributed by atoms with Crippen molar-refractivity contribution in [3.8, 4) is 0 Å². The minimum Gasteiger partial charge on any atom is -0.761 e. The Morgan fingerprint density at radius 3 is 1.33 bits per heavy atom. The molecule has 5 nitrogen and oxygen atoms in total. The minimum absolute atomic E-state index is 0. The quantitative estimate of drug-likeness (QED) is 0.272. The molecule has 0 spiro atoms. The molecule has 0 aromatic carbocycles. The van der Waals surface area contributed by atoms with Crippen molar-refractivity contribution in [1.82, 2.24) is 0 Å². The van der Waals surface area contributed by atoms with Crippen molar-refractivity contribution in [2.75, 3.05) is 0 Å². The van der Waals surface area contributed by atoms with E-state index < -0.39 is 19.3 Å². The van der Waals surface area contributed by atoms with Crippen LogP contribution in [0.1, 0.15) is 0 Å².